The van der Waals surface area contributed by atoms with Crippen molar-refractivity contribution >= 4 is 5.97 Å². The van der Waals surface area contributed by atoms with Crippen LogP contribution < -0.4 is 0 Å². The molecule has 1 unspecified atom stereocenters. The highest BCUT2D eigenvalue weighted by Gasteiger charge is 2.26. The Morgan fingerprint density at radius 1 is 1.47 bits per heavy atom. The summed E-state index contributed by atoms with van der Waals surface area (Å²) in [6.07, 6.45) is -6.35. The summed E-state index contributed by atoms with van der Waals surface area (Å²) in [6.45, 7) is 3.40. The van der Waals surface area contributed by atoms with Crippen LogP contribution in [0.1, 0.15) is 13.3 Å². The Kier molecular flexibility index (Phi) is 6.82. The van der Waals surface area contributed by atoms with Crippen LogP contribution in [0.4, 0.5) is 13.2 Å². The summed E-state index contributed by atoms with van der Waals surface area (Å²) in [5, 5.41) is 8.81. The first-order chi connectivity index (χ1) is 7.76. The van der Waals surface area contributed by atoms with Gasteiger partial charge in [0.1, 0.15) is 6.10 Å². The zero-order valence-electron chi connectivity index (χ0n) is 9.42. The molecular formula is C10H15F3O4. The van der Waals surface area contributed by atoms with E-state index in [2.05, 4.69) is 11.3 Å². The van der Waals surface area contributed by atoms with Gasteiger partial charge >= 0.3 is 12.1 Å². The molecule has 0 aliphatic rings. The number of esters is 1. The van der Waals surface area contributed by atoms with Gasteiger partial charge in [-0.2, -0.15) is 13.2 Å². The minimum atomic E-state index is -4.29. The number of aliphatic hydroxyl groups is 1. The SMILES string of the molecule is C=C(C)C(=O)OC(CO)COCCC(F)(F)F. The number of alkyl halides is 3. The molecule has 0 fully saturated rings. The van der Waals surface area contributed by atoms with Gasteiger partial charge in [0.15, 0.2) is 0 Å². The lowest BCUT2D eigenvalue weighted by Gasteiger charge is -2.16. The second-order valence-corrected chi connectivity index (χ2v) is 3.43. The molecule has 4 nitrogen and oxygen atoms in total. The van der Waals surface area contributed by atoms with E-state index >= 15 is 0 Å². The molecule has 0 rings (SSSR count). The molecule has 0 heterocycles. The lowest BCUT2D eigenvalue weighted by Crippen LogP contribution is -2.28. The third kappa shape index (κ3) is 8.70. The number of halogens is 3. The van der Waals surface area contributed by atoms with Crippen LogP contribution in [0.2, 0.25) is 0 Å². The van der Waals surface area contributed by atoms with E-state index in [1.54, 1.807) is 0 Å². The maximum atomic E-state index is 11.8. The number of hydrogen-bond acceptors (Lipinski definition) is 4. The van der Waals surface area contributed by atoms with Crippen LogP contribution in [0.25, 0.3) is 0 Å². The lowest BCUT2D eigenvalue weighted by molar-refractivity contribution is -0.157. The summed E-state index contributed by atoms with van der Waals surface area (Å²) in [5.74, 6) is -0.719. The van der Waals surface area contributed by atoms with Crippen molar-refractivity contribution in [1.29, 1.82) is 0 Å². The van der Waals surface area contributed by atoms with Gasteiger partial charge in [0.05, 0.1) is 26.2 Å². The summed E-state index contributed by atoms with van der Waals surface area (Å²) in [5.41, 5.74) is 0.138. The van der Waals surface area contributed by atoms with E-state index in [-0.39, 0.29) is 12.2 Å². The molecule has 17 heavy (non-hydrogen) atoms. The Morgan fingerprint density at radius 2 is 2.06 bits per heavy atom. The van der Waals surface area contributed by atoms with Crippen molar-refractivity contribution in [2.75, 3.05) is 19.8 Å². The van der Waals surface area contributed by atoms with Crippen molar-refractivity contribution in [1.82, 2.24) is 0 Å². The third-order valence-corrected chi connectivity index (χ3v) is 1.66. The molecule has 0 aliphatic carbocycles. The van der Waals surface area contributed by atoms with Crippen LogP contribution in [0, 0.1) is 0 Å². The Morgan fingerprint density at radius 3 is 2.47 bits per heavy atom. The van der Waals surface area contributed by atoms with E-state index in [1.807, 2.05) is 0 Å². The number of hydrogen-bond donors (Lipinski definition) is 1. The van der Waals surface area contributed by atoms with Gasteiger partial charge in [-0.05, 0) is 6.92 Å². The molecule has 0 aromatic carbocycles. The Labute approximate surface area is 97.0 Å². The van der Waals surface area contributed by atoms with Crippen LogP contribution in [-0.4, -0.2) is 43.2 Å². The van der Waals surface area contributed by atoms with Crippen molar-refractivity contribution in [2.45, 2.75) is 25.6 Å². The summed E-state index contributed by atoms with van der Waals surface area (Å²) in [4.78, 5) is 11.0. The minimum Gasteiger partial charge on any atom is -0.454 e. The van der Waals surface area contributed by atoms with E-state index in [0.29, 0.717) is 0 Å². The highest BCUT2D eigenvalue weighted by atomic mass is 19.4. The topological polar surface area (TPSA) is 55.8 Å². The molecule has 0 saturated carbocycles. The van der Waals surface area contributed by atoms with Crippen molar-refractivity contribution < 1.29 is 32.5 Å². The number of aliphatic hydroxyl groups excluding tert-OH is 1. The zero-order valence-corrected chi connectivity index (χ0v) is 9.42. The van der Waals surface area contributed by atoms with Gasteiger partial charge in [-0.25, -0.2) is 4.79 Å². The van der Waals surface area contributed by atoms with Crippen LogP contribution in [0.15, 0.2) is 12.2 Å². The molecule has 0 radical (unpaired) electrons. The molecule has 0 saturated heterocycles. The average molecular weight is 256 g/mol. The summed E-state index contributed by atoms with van der Waals surface area (Å²) < 4.78 is 44.6. The molecule has 0 aliphatic heterocycles. The van der Waals surface area contributed by atoms with Gasteiger partial charge in [0.25, 0.3) is 0 Å². The molecule has 0 bridgehead atoms. The van der Waals surface area contributed by atoms with Crippen molar-refractivity contribution in [3.05, 3.63) is 12.2 Å². The quantitative estimate of drug-likeness (QED) is 0.425. The fourth-order valence-electron chi connectivity index (χ4n) is 0.779. The Bertz CT molecular complexity index is 263. The molecule has 1 atom stereocenters. The molecule has 7 heteroatoms. The monoisotopic (exact) mass is 256 g/mol. The zero-order chi connectivity index (χ0) is 13.5. The maximum Gasteiger partial charge on any atom is 0.391 e. The second kappa shape index (κ2) is 7.29. The smallest absolute Gasteiger partial charge is 0.391 e. The van der Waals surface area contributed by atoms with Gasteiger partial charge in [-0.1, -0.05) is 6.58 Å². The molecule has 0 amide bonds. The maximum absolute atomic E-state index is 11.8. The van der Waals surface area contributed by atoms with Gasteiger partial charge in [0.2, 0.25) is 0 Å². The molecule has 0 aromatic heterocycles. The molecule has 0 spiro atoms. The standard InChI is InChI=1S/C10H15F3O4/c1-7(2)9(15)17-8(5-14)6-16-4-3-10(11,12)13/h8,14H,1,3-6H2,2H3. The summed E-state index contributed by atoms with van der Waals surface area (Å²) in [6, 6.07) is 0. The predicted molar refractivity (Wildman–Crippen MR) is 53.3 cm³/mol. The first-order valence-electron chi connectivity index (χ1n) is 4.88. The second-order valence-electron chi connectivity index (χ2n) is 3.43. The van der Waals surface area contributed by atoms with Gasteiger partial charge in [-0.3, -0.25) is 0 Å². The van der Waals surface area contributed by atoms with E-state index in [4.69, 9.17) is 9.84 Å². The van der Waals surface area contributed by atoms with E-state index < -0.39 is 37.9 Å². The van der Waals surface area contributed by atoms with Gasteiger partial charge in [0, 0.05) is 5.57 Å². The number of rotatable bonds is 7. The van der Waals surface area contributed by atoms with Crippen molar-refractivity contribution in [2.24, 2.45) is 0 Å². The van der Waals surface area contributed by atoms with Crippen LogP contribution in [-0.2, 0) is 14.3 Å². The Hall–Kier alpha value is -1.08. The fraction of sp³-hybridized carbons (Fsp3) is 0.700. The fourth-order valence-corrected chi connectivity index (χ4v) is 0.779. The van der Waals surface area contributed by atoms with E-state index in [1.165, 1.54) is 6.92 Å². The third-order valence-electron chi connectivity index (χ3n) is 1.66. The summed E-state index contributed by atoms with van der Waals surface area (Å²) in [7, 11) is 0. The number of carbonyl (C=O) groups excluding carboxylic acids is 1. The van der Waals surface area contributed by atoms with Crippen LogP contribution >= 0.6 is 0 Å². The first kappa shape index (κ1) is 15.9. The lowest BCUT2D eigenvalue weighted by atomic mass is 10.3. The predicted octanol–water partition coefficient (Wildman–Crippen LogP) is 1.44. The van der Waals surface area contributed by atoms with Gasteiger partial charge in [-0.15, -0.1) is 0 Å². The van der Waals surface area contributed by atoms with Crippen LogP contribution in [0.3, 0.4) is 0 Å². The molecule has 0 aromatic rings. The van der Waals surface area contributed by atoms with Crippen LogP contribution in [0.5, 0.6) is 0 Å². The van der Waals surface area contributed by atoms with Crippen molar-refractivity contribution in [3.63, 3.8) is 0 Å². The van der Waals surface area contributed by atoms with E-state index in [0.717, 1.165) is 0 Å². The highest BCUT2D eigenvalue weighted by molar-refractivity contribution is 5.87. The first-order valence-corrected chi connectivity index (χ1v) is 4.88. The number of carbonyl (C=O) groups is 1. The highest BCUT2D eigenvalue weighted by Crippen LogP contribution is 2.19. The summed E-state index contributed by atoms with van der Waals surface area (Å²) >= 11 is 0. The molecule has 1 N–H and O–H groups in total. The van der Waals surface area contributed by atoms with E-state index in [9.17, 15) is 18.0 Å². The van der Waals surface area contributed by atoms with Crippen molar-refractivity contribution in [3.8, 4) is 0 Å². The average Bonchev–Trinajstić information content (AvgIpc) is 2.20. The minimum absolute atomic E-state index is 0.138. The molecule has 100 valence electrons. The number of ether oxygens (including phenoxy) is 2. The Balaban J connectivity index is 3.83. The molecular weight excluding hydrogens is 241 g/mol. The van der Waals surface area contributed by atoms with Gasteiger partial charge < -0.3 is 14.6 Å². The largest absolute Gasteiger partial charge is 0.454 e. The normalized spacial score (nSPS) is 13.2.